The van der Waals surface area contributed by atoms with E-state index in [1.165, 1.54) is 0 Å². The quantitative estimate of drug-likeness (QED) is 0.839. The third kappa shape index (κ3) is 4.28. The van der Waals surface area contributed by atoms with Gasteiger partial charge in [0.2, 0.25) is 0 Å². The summed E-state index contributed by atoms with van der Waals surface area (Å²) in [5.41, 5.74) is 1.15. The second-order valence-electron chi connectivity index (χ2n) is 5.33. The van der Waals surface area contributed by atoms with Gasteiger partial charge < -0.3 is 14.8 Å². The van der Waals surface area contributed by atoms with Crippen LogP contribution < -0.4 is 10.1 Å². The van der Waals surface area contributed by atoms with Gasteiger partial charge in [0, 0.05) is 29.2 Å². The van der Waals surface area contributed by atoms with Crippen LogP contribution in [0.5, 0.6) is 5.75 Å². The van der Waals surface area contributed by atoms with Crippen LogP contribution in [0.1, 0.15) is 31.9 Å². The molecule has 1 heterocycles. The first-order chi connectivity index (χ1) is 10.2. The molecule has 0 aliphatic carbocycles. The molecule has 4 atom stereocenters. The summed E-state index contributed by atoms with van der Waals surface area (Å²) < 4.78 is 23.3. The molecule has 4 nitrogen and oxygen atoms in total. The highest BCUT2D eigenvalue weighted by atomic mass is 32.2. The molecule has 1 aliphatic rings. The van der Waals surface area contributed by atoms with Crippen molar-refractivity contribution in [2.75, 3.05) is 26.0 Å². The Labute approximate surface area is 129 Å². The predicted octanol–water partition coefficient (Wildman–Crippen LogP) is 2.27. The van der Waals surface area contributed by atoms with Gasteiger partial charge in [-0.2, -0.15) is 0 Å². The fraction of sp³-hybridized carbons (Fsp3) is 0.625. The number of hydrogen-bond donors (Lipinski definition) is 1. The number of benzene rings is 1. The highest BCUT2D eigenvalue weighted by Crippen LogP contribution is 2.24. The minimum Gasteiger partial charge on any atom is -0.497 e. The molecule has 5 heteroatoms. The van der Waals surface area contributed by atoms with E-state index in [2.05, 4.69) is 12.2 Å². The van der Waals surface area contributed by atoms with Crippen LogP contribution in [0.15, 0.2) is 24.3 Å². The van der Waals surface area contributed by atoms with Crippen molar-refractivity contribution in [1.29, 1.82) is 0 Å². The molecule has 0 bridgehead atoms. The van der Waals surface area contributed by atoms with Gasteiger partial charge in [-0.25, -0.2) is 0 Å². The second kappa shape index (κ2) is 7.92. The summed E-state index contributed by atoms with van der Waals surface area (Å²) in [5.74, 6) is 1.46. The molecule has 1 aliphatic heterocycles. The molecule has 1 N–H and O–H groups in total. The molecule has 1 fully saturated rings. The van der Waals surface area contributed by atoms with Gasteiger partial charge in [-0.05, 0) is 37.6 Å². The number of nitrogens with one attached hydrogen (secondary N) is 1. The van der Waals surface area contributed by atoms with Crippen molar-refractivity contribution in [2.24, 2.45) is 0 Å². The molecule has 0 spiro atoms. The number of hydrogen-bond acceptors (Lipinski definition) is 4. The lowest BCUT2D eigenvalue weighted by atomic mass is 10.1. The Kier molecular flexibility index (Phi) is 6.21. The molecule has 4 unspecified atom stereocenters. The van der Waals surface area contributed by atoms with Gasteiger partial charge >= 0.3 is 0 Å². The summed E-state index contributed by atoms with van der Waals surface area (Å²) in [6.45, 7) is 5.67. The molecule has 1 aromatic carbocycles. The van der Waals surface area contributed by atoms with E-state index in [9.17, 15) is 4.21 Å². The third-order valence-electron chi connectivity index (χ3n) is 3.94. The summed E-state index contributed by atoms with van der Waals surface area (Å²) in [6, 6.07) is 8.08. The Morgan fingerprint density at radius 1 is 1.43 bits per heavy atom. The Hall–Kier alpha value is -0.910. The lowest BCUT2D eigenvalue weighted by molar-refractivity contribution is 0.127. The molecule has 0 aromatic heterocycles. The van der Waals surface area contributed by atoms with E-state index in [-0.39, 0.29) is 17.4 Å². The zero-order valence-corrected chi connectivity index (χ0v) is 13.8. The van der Waals surface area contributed by atoms with Crippen LogP contribution in [0.2, 0.25) is 0 Å². The van der Waals surface area contributed by atoms with Crippen molar-refractivity contribution in [3.63, 3.8) is 0 Å². The Bertz CT molecular complexity index is 463. The molecule has 1 aromatic rings. The number of methoxy groups -OCH3 is 1. The van der Waals surface area contributed by atoms with Gasteiger partial charge in [0.05, 0.1) is 18.5 Å². The summed E-state index contributed by atoms with van der Waals surface area (Å²) in [6.07, 6.45) is 0.999. The van der Waals surface area contributed by atoms with Crippen LogP contribution in [0, 0.1) is 0 Å². The standard InChI is InChI=1S/C16H25NO3S/c1-4-17-15(13-5-7-14(19-3)8-6-13)11-21(18)16-9-10-20-12(16)2/h5-8,12,15-17H,4,9-11H2,1-3H3. The van der Waals surface area contributed by atoms with Crippen molar-refractivity contribution >= 4 is 10.8 Å². The van der Waals surface area contributed by atoms with Crippen molar-refractivity contribution in [1.82, 2.24) is 5.32 Å². The van der Waals surface area contributed by atoms with Gasteiger partial charge in [-0.1, -0.05) is 19.1 Å². The van der Waals surface area contributed by atoms with Gasteiger partial charge in [-0.15, -0.1) is 0 Å². The zero-order chi connectivity index (χ0) is 15.2. The van der Waals surface area contributed by atoms with E-state index in [1.54, 1.807) is 7.11 Å². The molecular weight excluding hydrogens is 286 g/mol. The van der Waals surface area contributed by atoms with Crippen LogP contribution in [0.3, 0.4) is 0 Å². The zero-order valence-electron chi connectivity index (χ0n) is 13.0. The largest absolute Gasteiger partial charge is 0.497 e. The van der Waals surface area contributed by atoms with Crippen LogP contribution in [0.4, 0.5) is 0 Å². The Morgan fingerprint density at radius 2 is 2.14 bits per heavy atom. The molecule has 0 amide bonds. The average Bonchev–Trinajstić information content (AvgIpc) is 2.93. The molecule has 0 radical (unpaired) electrons. The maximum Gasteiger partial charge on any atom is 0.118 e. The lowest BCUT2D eigenvalue weighted by Crippen LogP contribution is -2.32. The first kappa shape index (κ1) is 16.5. The summed E-state index contributed by atoms with van der Waals surface area (Å²) >= 11 is 0. The average molecular weight is 311 g/mol. The fourth-order valence-electron chi connectivity index (χ4n) is 2.70. The van der Waals surface area contributed by atoms with Crippen LogP contribution >= 0.6 is 0 Å². The predicted molar refractivity (Wildman–Crippen MR) is 86.2 cm³/mol. The van der Waals surface area contributed by atoms with E-state index in [0.717, 1.165) is 30.9 Å². The minimum atomic E-state index is -0.883. The molecular formula is C16H25NO3S. The Balaban J connectivity index is 2.05. The second-order valence-corrected chi connectivity index (χ2v) is 7.03. The van der Waals surface area contributed by atoms with Crippen molar-refractivity contribution in [3.8, 4) is 5.75 Å². The third-order valence-corrected chi connectivity index (χ3v) is 5.90. The van der Waals surface area contributed by atoms with Gasteiger partial charge in [0.15, 0.2) is 0 Å². The van der Waals surface area contributed by atoms with E-state index in [4.69, 9.17) is 9.47 Å². The number of ether oxygens (including phenoxy) is 2. The van der Waals surface area contributed by atoms with Crippen LogP contribution in [-0.4, -0.2) is 41.6 Å². The first-order valence-electron chi connectivity index (χ1n) is 7.51. The fourth-order valence-corrected chi connectivity index (χ4v) is 4.45. The van der Waals surface area contributed by atoms with Gasteiger partial charge in [-0.3, -0.25) is 4.21 Å². The maximum atomic E-state index is 12.6. The van der Waals surface area contributed by atoms with E-state index >= 15 is 0 Å². The SMILES string of the molecule is CCNC(CS(=O)C1CCOC1C)c1ccc(OC)cc1. The molecule has 2 rings (SSSR count). The van der Waals surface area contributed by atoms with Crippen molar-refractivity contribution < 1.29 is 13.7 Å². The maximum absolute atomic E-state index is 12.6. The van der Waals surface area contributed by atoms with Crippen molar-refractivity contribution in [2.45, 2.75) is 37.7 Å². The normalized spacial score (nSPS) is 24.7. The monoisotopic (exact) mass is 311 g/mol. The van der Waals surface area contributed by atoms with E-state index in [1.807, 2.05) is 31.2 Å². The van der Waals surface area contributed by atoms with E-state index in [0.29, 0.717) is 5.75 Å². The van der Waals surface area contributed by atoms with Gasteiger partial charge in [0.1, 0.15) is 5.75 Å². The number of rotatable bonds is 7. The Morgan fingerprint density at radius 3 is 2.67 bits per heavy atom. The highest BCUT2D eigenvalue weighted by Gasteiger charge is 2.31. The lowest BCUT2D eigenvalue weighted by Gasteiger charge is -2.21. The summed E-state index contributed by atoms with van der Waals surface area (Å²) in [5, 5.41) is 3.59. The molecule has 0 saturated carbocycles. The molecule has 118 valence electrons. The topological polar surface area (TPSA) is 47.6 Å². The van der Waals surface area contributed by atoms with E-state index < -0.39 is 10.8 Å². The smallest absolute Gasteiger partial charge is 0.118 e. The van der Waals surface area contributed by atoms with Crippen LogP contribution in [0.25, 0.3) is 0 Å². The molecule has 1 saturated heterocycles. The van der Waals surface area contributed by atoms with Crippen LogP contribution in [-0.2, 0) is 15.5 Å². The van der Waals surface area contributed by atoms with Crippen molar-refractivity contribution in [3.05, 3.63) is 29.8 Å². The van der Waals surface area contributed by atoms with Gasteiger partial charge in [0.25, 0.3) is 0 Å². The first-order valence-corrected chi connectivity index (χ1v) is 8.90. The summed E-state index contributed by atoms with van der Waals surface area (Å²) in [4.78, 5) is 0. The minimum absolute atomic E-state index is 0.101. The highest BCUT2D eigenvalue weighted by molar-refractivity contribution is 7.85. The molecule has 21 heavy (non-hydrogen) atoms. The summed E-state index contributed by atoms with van der Waals surface area (Å²) in [7, 11) is 0.777.